The summed E-state index contributed by atoms with van der Waals surface area (Å²) in [6.07, 6.45) is 3.45. The second-order valence-corrected chi connectivity index (χ2v) is 4.62. The van der Waals surface area contributed by atoms with Crippen molar-refractivity contribution in [1.82, 2.24) is 14.8 Å². The Balaban J connectivity index is 2.17. The number of hydrogen-bond donors (Lipinski definition) is 1. The molecule has 5 nitrogen and oxygen atoms in total. The number of ether oxygens (including phenoxy) is 1. The minimum Gasteiger partial charge on any atom is -0.493 e. The van der Waals surface area contributed by atoms with E-state index in [0.29, 0.717) is 5.75 Å². The number of fused-ring (bicyclic) bond motifs is 1. The van der Waals surface area contributed by atoms with Gasteiger partial charge in [0.15, 0.2) is 5.75 Å². The van der Waals surface area contributed by atoms with Crippen LogP contribution in [0.5, 0.6) is 5.75 Å². The molecule has 0 aliphatic heterocycles. The van der Waals surface area contributed by atoms with Crippen LogP contribution in [0.15, 0.2) is 42.7 Å². The van der Waals surface area contributed by atoms with Crippen molar-refractivity contribution in [2.75, 3.05) is 7.11 Å². The van der Waals surface area contributed by atoms with Crippen LogP contribution in [0.2, 0.25) is 0 Å². The Labute approximate surface area is 117 Å². The first kappa shape index (κ1) is 12.6. The average molecular weight is 268 g/mol. The molecule has 2 N–H and O–H groups in total. The Bertz CT molecular complexity index is 745. The van der Waals surface area contributed by atoms with E-state index in [4.69, 9.17) is 10.5 Å². The summed E-state index contributed by atoms with van der Waals surface area (Å²) in [6, 6.07) is 9.66. The molecule has 2 aromatic heterocycles. The van der Waals surface area contributed by atoms with E-state index in [0.717, 1.165) is 22.2 Å². The summed E-state index contributed by atoms with van der Waals surface area (Å²) in [6.45, 7) is 0. The lowest BCUT2D eigenvalue weighted by Crippen LogP contribution is -2.18. The van der Waals surface area contributed by atoms with Gasteiger partial charge >= 0.3 is 0 Å². The molecular formula is C15H16N4O. The lowest BCUT2D eigenvalue weighted by atomic mass is 10.0. The fourth-order valence-corrected chi connectivity index (χ4v) is 2.46. The Kier molecular flexibility index (Phi) is 3.12. The van der Waals surface area contributed by atoms with Gasteiger partial charge in [-0.3, -0.25) is 9.67 Å². The molecule has 0 fully saturated rings. The highest BCUT2D eigenvalue weighted by Gasteiger charge is 2.21. The lowest BCUT2D eigenvalue weighted by Gasteiger charge is -2.15. The van der Waals surface area contributed by atoms with Crippen molar-refractivity contribution in [3.8, 4) is 5.75 Å². The smallest absolute Gasteiger partial charge is 0.161 e. The van der Waals surface area contributed by atoms with Crippen LogP contribution in [0.25, 0.3) is 10.8 Å². The van der Waals surface area contributed by atoms with Gasteiger partial charge in [0.2, 0.25) is 0 Å². The van der Waals surface area contributed by atoms with Crippen LogP contribution in [0, 0.1) is 0 Å². The molecule has 0 amide bonds. The molecular weight excluding hydrogens is 252 g/mol. The van der Waals surface area contributed by atoms with Gasteiger partial charge in [-0.1, -0.05) is 24.3 Å². The predicted octanol–water partition coefficient (Wildman–Crippen LogP) is 2.02. The lowest BCUT2D eigenvalue weighted by molar-refractivity contribution is 0.405. The second kappa shape index (κ2) is 4.94. The summed E-state index contributed by atoms with van der Waals surface area (Å²) in [5.74, 6) is 0.676. The largest absolute Gasteiger partial charge is 0.493 e. The molecule has 3 aromatic rings. The van der Waals surface area contributed by atoms with E-state index in [9.17, 15) is 0 Å². The van der Waals surface area contributed by atoms with Gasteiger partial charge in [-0.05, 0) is 11.5 Å². The first-order valence-electron chi connectivity index (χ1n) is 6.37. The number of hydrogen-bond acceptors (Lipinski definition) is 4. The van der Waals surface area contributed by atoms with Gasteiger partial charge in [0.05, 0.1) is 25.0 Å². The summed E-state index contributed by atoms with van der Waals surface area (Å²) in [5.41, 5.74) is 8.04. The Morgan fingerprint density at radius 3 is 2.85 bits per heavy atom. The maximum atomic E-state index is 6.40. The molecule has 0 aliphatic carbocycles. The van der Waals surface area contributed by atoms with E-state index in [2.05, 4.69) is 10.1 Å². The van der Waals surface area contributed by atoms with E-state index in [-0.39, 0.29) is 6.04 Å². The molecule has 0 radical (unpaired) electrons. The molecule has 1 unspecified atom stereocenters. The average Bonchev–Trinajstić information content (AvgIpc) is 2.87. The predicted molar refractivity (Wildman–Crippen MR) is 77.5 cm³/mol. The first-order valence-corrected chi connectivity index (χ1v) is 6.37. The number of rotatable bonds is 3. The van der Waals surface area contributed by atoms with Crippen molar-refractivity contribution in [1.29, 1.82) is 0 Å². The van der Waals surface area contributed by atoms with Crippen LogP contribution < -0.4 is 10.5 Å². The minimum atomic E-state index is -0.386. The topological polar surface area (TPSA) is 66.0 Å². The molecule has 0 bridgehead atoms. The van der Waals surface area contributed by atoms with Crippen LogP contribution in [-0.4, -0.2) is 21.9 Å². The Morgan fingerprint density at radius 2 is 2.05 bits per heavy atom. The molecule has 2 heterocycles. The SMILES string of the molecule is COc1cnn(C)c1C(N)c1nccc2ccccc12. The normalized spacial score (nSPS) is 12.6. The van der Waals surface area contributed by atoms with Gasteiger partial charge in [0.25, 0.3) is 0 Å². The van der Waals surface area contributed by atoms with Gasteiger partial charge in [-0.25, -0.2) is 0 Å². The maximum Gasteiger partial charge on any atom is 0.161 e. The maximum absolute atomic E-state index is 6.40. The molecule has 20 heavy (non-hydrogen) atoms. The van der Waals surface area contributed by atoms with E-state index >= 15 is 0 Å². The van der Waals surface area contributed by atoms with Crippen molar-refractivity contribution in [2.24, 2.45) is 12.8 Å². The molecule has 0 saturated heterocycles. The Morgan fingerprint density at radius 1 is 1.25 bits per heavy atom. The summed E-state index contributed by atoms with van der Waals surface area (Å²) >= 11 is 0. The zero-order valence-corrected chi connectivity index (χ0v) is 11.4. The summed E-state index contributed by atoms with van der Waals surface area (Å²) in [7, 11) is 3.46. The highest BCUT2D eigenvalue weighted by molar-refractivity contribution is 5.85. The fraction of sp³-hybridized carbons (Fsp3) is 0.200. The molecule has 0 spiro atoms. The second-order valence-electron chi connectivity index (χ2n) is 4.62. The summed E-state index contributed by atoms with van der Waals surface area (Å²) < 4.78 is 7.06. The number of nitrogens with two attached hydrogens (primary N) is 1. The van der Waals surface area contributed by atoms with E-state index in [1.54, 1.807) is 24.2 Å². The molecule has 1 aromatic carbocycles. The van der Waals surface area contributed by atoms with Crippen molar-refractivity contribution in [3.05, 3.63) is 54.1 Å². The minimum absolute atomic E-state index is 0.386. The zero-order valence-electron chi connectivity index (χ0n) is 11.4. The fourth-order valence-electron chi connectivity index (χ4n) is 2.46. The van der Waals surface area contributed by atoms with Gasteiger partial charge in [-0.15, -0.1) is 0 Å². The van der Waals surface area contributed by atoms with Crippen LogP contribution in [0.4, 0.5) is 0 Å². The van der Waals surface area contributed by atoms with Crippen molar-refractivity contribution in [3.63, 3.8) is 0 Å². The molecule has 102 valence electrons. The number of aryl methyl sites for hydroxylation is 1. The third-order valence-electron chi connectivity index (χ3n) is 3.46. The molecule has 3 rings (SSSR count). The zero-order chi connectivity index (χ0) is 14.1. The monoisotopic (exact) mass is 268 g/mol. The molecule has 5 heteroatoms. The van der Waals surface area contributed by atoms with Crippen molar-refractivity contribution >= 4 is 10.8 Å². The highest BCUT2D eigenvalue weighted by Crippen LogP contribution is 2.30. The Hall–Kier alpha value is -2.40. The van der Waals surface area contributed by atoms with Gasteiger partial charge < -0.3 is 10.5 Å². The van der Waals surface area contributed by atoms with Crippen LogP contribution in [0.3, 0.4) is 0 Å². The number of pyridine rings is 1. The quantitative estimate of drug-likeness (QED) is 0.789. The first-order chi connectivity index (χ1) is 9.72. The number of methoxy groups -OCH3 is 1. The summed E-state index contributed by atoms with van der Waals surface area (Å²) in [4.78, 5) is 4.46. The highest BCUT2D eigenvalue weighted by atomic mass is 16.5. The summed E-state index contributed by atoms with van der Waals surface area (Å²) in [5, 5.41) is 6.36. The van der Waals surface area contributed by atoms with Crippen LogP contribution in [-0.2, 0) is 7.05 Å². The standard InChI is InChI=1S/C15H16N4O/c1-19-15(12(20-2)9-18-19)13(16)14-11-6-4-3-5-10(11)7-8-17-14/h3-9,13H,16H2,1-2H3. The molecule has 0 aliphatic rings. The van der Waals surface area contributed by atoms with Gasteiger partial charge in [0, 0.05) is 18.6 Å². The third-order valence-corrected chi connectivity index (χ3v) is 3.46. The van der Waals surface area contributed by atoms with E-state index in [1.165, 1.54) is 0 Å². The van der Waals surface area contributed by atoms with Crippen molar-refractivity contribution in [2.45, 2.75) is 6.04 Å². The number of aromatic nitrogens is 3. The number of benzene rings is 1. The third kappa shape index (κ3) is 1.92. The van der Waals surface area contributed by atoms with Gasteiger partial charge in [-0.2, -0.15) is 5.10 Å². The van der Waals surface area contributed by atoms with E-state index in [1.807, 2.05) is 37.4 Å². The van der Waals surface area contributed by atoms with Crippen LogP contribution in [0.1, 0.15) is 17.4 Å². The van der Waals surface area contributed by atoms with E-state index < -0.39 is 0 Å². The van der Waals surface area contributed by atoms with Gasteiger partial charge in [0.1, 0.15) is 5.69 Å². The van der Waals surface area contributed by atoms with Crippen molar-refractivity contribution < 1.29 is 4.74 Å². The molecule has 1 atom stereocenters. The molecule has 0 saturated carbocycles. The number of nitrogens with zero attached hydrogens (tertiary/aromatic N) is 3. The van der Waals surface area contributed by atoms with Crippen LogP contribution >= 0.6 is 0 Å².